The molecule has 4 rings (SSSR count). The summed E-state index contributed by atoms with van der Waals surface area (Å²) in [5.74, 6) is 1.41. The van der Waals surface area contributed by atoms with E-state index in [9.17, 15) is 0 Å². The van der Waals surface area contributed by atoms with Gasteiger partial charge in [0.05, 0.1) is 23.1 Å². The third-order valence-electron chi connectivity index (χ3n) is 5.67. The Bertz CT molecular complexity index is 790. The predicted molar refractivity (Wildman–Crippen MR) is 109 cm³/mol. The van der Waals surface area contributed by atoms with Gasteiger partial charge in [-0.1, -0.05) is 11.6 Å². The predicted octanol–water partition coefficient (Wildman–Crippen LogP) is 4.21. The van der Waals surface area contributed by atoms with Crippen molar-refractivity contribution in [1.29, 1.82) is 0 Å². The lowest BCUT2D eigenvalue weighted by Gasteiger charge is -2.26. The van der Waals surface area contributed by atoms with Crippen molar-refractivity contribution in [1.82, 2.24) is 19.7 Å². The van der Waals surface area contributed by atoms with Crippen LogP contribution in [0.5, 0.6) is 0 Å². The molecule has 0 saturated heterocycles. The van der Waals surface area contributed by atoms with Crippen molar-refractivity contribution >= 4 is 17.5 Å². The Hall–Kier alpha value is -1.66. The molecule has 0 aliphatic heterocycles. The molecule has 2 aromatic heterocycles. The summed E-state index contributed by atoms with van der Waals surface area (Å²) >= 11 is 6.50. The van der Waals surface area contributed by atoms with Crippen LogP contribution in [0.1, 0.15) is 64.1 Å². The fourth-order valence-corrected chi connectivity index (χ4v) is 4.09. The first-order valence-electron chi connectivity index (χ1n) is 10.1. The Morgan fingerprint density at radius 1 is 1.19 bits per heavy atom. The summed E-state index contributed by atoms with van der Waals surface area (Å²) in [5, 5.41) is 8.68. The van der Waals surface area contributed by atoms with Gasteiger partial charge in [-0.2, -0.15) is 5.10 Å². The van der Waals surface area contributed by atoms with Crippen molar-refractivity contribution in [3.63, 3.8) is 0 Å². The molecule has 0 radical (unpaired) electrons. The van der Waals surface area contributed by atoms with Gasteiger partial charge in [-0.25, -0.2) is 9.97 Å². The van der Waals surface area contributed by atoms with Gasteiger partial charge in [0.2, 0.25) is 5.95 Å². The highest BCUT2D eigenvalue weighted by molar-refractivity contribution is 6.32. The molecule has 0 spiro atoms. The molecule has 3 N–H and O–H groups in total. The van der Waals surface area contributed by atoms with Gasteiger partial charge in [0.15, 0.2) is 0 Å². The van der Waals surface area contributed by atoms with E-state index in [1.54, 1.807) is 6.20 Å². The summed E-state index contributed by atoms with van der Waals surface area (Å²) in [6.45, 7) is 4.32. The molecule has 0 unspecified atom stereocenters. The molecule has 146 valence electrons. The second-order valence-corrected chi connectivity index (χ2v) is 8.74. The van der Waals surface area contributed by atoms with Gasteiger partial charge < -0.3 is 11.1 Å². The molecule has 2 heterocycles. The van der Waals surface area contributed by atoms with Crippen molar-refractivity contribution in [2.24, 2.45) is 11.7 Å². The van der Waals surface area contributed by atoms with Gasteiger partial charge in [-0.15, -0.1) is 0 Å². The van der Waals surface area contributed by atoms with E-state index in [0.29, 0.717) is 29.1 Å². The van der Waals surface area contributed by atoms with Crippen LogP contribution in [0.25, 0.3) is 11.3 Å². The zero-order valence-electron chi connectivity index (χ0n) is 16.2. The van der Waals surface area contributed by atoms with Crippen LogP contribution in [0.15, 0.2) is 12.4 Å². The highest BCUT2D eigenvalue weighted by atomic mass is 35.5. The van der Waals surface area contributed by atoms with Crippen molar-refractivity contribution in [3.8, 4) is 11.3 Å². The first-order chi connectivity index (χ1) is 13.0. The number of hydrogen-bond donors (Lipinski definition) is 2. The Kier molecular flexibility index (Phi) is 5.37. The topological polar surface area (TPSA) is 81.7 Å². The van der Waals surface area contributed by atoms with E-state index in [1.807, 2.05) is 6.20 Å². The van der Waals surface area contributed by atoms with Crippen LogP contribution in [0, 0.1) is 5.92 Å². The van der Waals surface area contributed by atoms with Crippen LogP contribution in [0.4, 0.5) is 5.95 Å². The van der Waals surface area contributed by atoms with Crippen molar-refractivity contribution in [2.45, 2.75) is 76.9 Å². The molecule has 0 aromatic carbocycles. The van der Waals surface area contributed by atoms with Crippen molar-refractivity contribution < 1.29 is 0 Å². The van der Waals surface area contributed by atoms with E-state index in [4.69, 9.17) is 22.3 Å². The van der Waals surface area contributed by atoms with Crippen LogP contribution in [-0.4, -0.2) is 31.8 Å². The monoisotopic (exact) mass is 388 g/mol. The average Bonchev–Trinajstić information content (AvgIpc) is 3.36. The summed E-state index contributed by atoms with van der Waals surface area (Å²) in [7, 11) is 0. The first-order valence-corrected chi connectivity index (χ1v) is 10.5. The maximum absolute atomic E-state index is 6.50. The normalized spacial score (nSPS) is 23.0. The quantitative estimate of drug-likeness (QED) is 0.774. The van der Waals surface area contributed by atoms with Crippen molar-refractivity contribution in [2.75, 3.05) is 5.32 Å². The van der Waals surface area contributed by atoms with Crippen LogP contribution < -0.4 is 11.1 Å². The molecule has 7 heteroatoms. The van der Waals surface area contributed by atoms with Crippen LogP contribution in [-0.2, 0) is 6.42 Å². The number of halogens is 1. The molecule has 2 saturated carbocycles. The maximum atomic E-state index is 6.50. The summed E-state index contributed by atoms with van der Waals surface area (Å²) < 4.78 is 2.11. The van der Waals surface area contributed by atoms with E-state index in [0.717, 1.165) is 49.3 Å². The average molecular weight is 389 g/mol. The number of anilines is 1. The van der Waals surface area contributed by atoms with Crippen LogP contribution in [0.2, 0.25) is 5.02 Å². The third-order valence-corrected chi connectivity index (χ3v) is 5.95. The lowest BCUT2D eigenvalue weighted by atomic mass is 9.92. The van der Waals surface area contributed by atoms with Gasteiger partial charge in [0.1, 0.15) is 0 Å². The van der Waals surface area contributed by atoms with E-state index >= 15 is 0 Å². The fourth-order valence-electron chi connectivity index (χ4n) is 3.90. The fraction of sp³-hybridized carbons (Fsp3) is 0.650. The number of nitrogens with one attached hydrogen (secondary N) is 1. The lowest BCUT2D eigenvalue weighted by molar-refractivity contribution is 0.410. The Morgan fingerprint density at radius 2 is 1.93 bits per heavy atom. The number of nitrogens with two attached hydrogens (primary N) is 1. The molecule has 0 atom stereocenters. The summed E-state index contributed by atoms with van der Waals surface area (Å²) in [5.41, 5.74) is 9.07. The van der Waals surface area contributed by atoms with Crippen LogP contribution >= 0.6 is 11.6 Å². The Labute approximate surface area is 165 Å². The highest BCUT2D eigenvalue weighted by Crippen LogP contribution is 2.38. The number of nitrogens with zero attached hydrogens (tertiary/aromatic N) is 4. The summed E-state index contributed by atoms with van der Waals surface area (Å²) in [6.07, 6.45) is 11.5. The van der Waals surface area contributed by atoms with E-state index in [-0.39, 0.29) is 0 Å². The molecule has 6 nitrogen and oxygen atoms in total. The molecule has 0 amide bonds. The van der Waals surface area contributed by atoms with Gasteiger partial charge in [-0.3, -0.25) is 4.68 Å². The Morgan fingerprint density at radius 3 is 2.59 bits per heavy atom. The van der Waals surface area contributed by atoms with Gasteiger partial charge >= 0.3 is 0 Å². The standard InChI is InChI=1S/C20H29ClN6/c1-12(2)27-18(9-13-3-4-13)16(10-24-27)19-17(21)11-23-20(26-19)25-15-7-5-14(22)6-8-15/h10-15H,3-9,22H2,1-2H3,(H,23,25,26). The third kappa shape index (κ3) is 4.27. The smallest absolute Gasteiger partial charge is 0.223 e. The van der Waals surface area contributed by atoms with Crippen molar-refractivity contribution in [3.05, 3.63) is 23.1 Å². The molecule has 2 aliphatic carbocycles. The zero-order chi connectivity index (χ0) is 19.0. The van der Waals surface area contributed by atoms with Gasteiger partial charge in [-0.05, 0) is 64.7 Å². The minimum Gasteiger partial charge on any atom is -0.351 e. The molecule has 0 bridgehead atoms. The molecule has 27 heavy (non-hydrogen) atoms. The molecule has 2 aromatic rings. The maximum Gasteiger partial charge on any atom is 0.223 e. The lowest BCUT2D eigenvalue weighted by Crippen LogP contribution is -2.33. The second-order valence-electron chi connectivity index (χ2n) is 8.34. The minimum absolute atomic E-state index is 0.317. The molecule has 2 fully saturated rings. The van der Waals surface area contributed by atoms with Crippen LogP contribution in [0.3, 0.4) is 0 Å². The van der Waals surface area contributed by atoms with Gasteiger partial charge in [0, 0.05) is 29.4 Å². The van der Waals surface area contributed by atoms with E-state index < -0.39 is 0 Å². The SMILES string of the molecule is CC(C)n1ncc(-c2nc(NC3CCC(N)CC3)ncc2Cl)c1CC1CC1. The Balaban J connectivity index is 1.61. The van der Waals surface area contributed by atoms with Gasteiger partial charge in [0.25, 0.3) is 0 Å². The first kappa shape index (κ1) is 18.7. The summed E-state index contributed by atoms with van der Waals surface area (Å²) in [4.78, 5) is 9.19. The zero-order valence-corrected chi connectivity index (χ0v) is 16.9. The number of hydrogen-bond acceptors (Lipinski definition) is 5. The number of aromatic nitrogens is 4. The highest BCUT2D eigenvalue weighted by Gasteiger charge is 2.27. The summed E-state index contributed by atoms with van der Waals surface area (Å²) in [6, 6.07) is 1.02. The van der Waals surface area contributed by atoms with E-state index in [2.05, 4.69) is 33.9 Å². The molecular formula is C20H29ClN6. The number of rotatable bonds is 6. The van der Waals surface area contributed by atoms with E-state index in [1.165, 1.54) is 18.5 Å². The second kappa shape index (κ2) is 7.76. The molecular weight excluding hydrogens is 360 g/mol. The molecule has 2 aliphatic rings. The largest absolute Gasteiger partial charge is 0.351 e. The minimum atomic E-state index is 0.317.